The van der Waals surface area contributed by atoms with E-state index in [-0.39, 0.29) is 0 Å². The Morgan fingerprint density at radius 2 is 0.756 bits per heavy atom. The summed E-state index contributed by atoms with van der Waals surface area (Å²) in [5.41, 5.74) is 4.22. The minimum absolute atomic E-state index is 0.541. The van der Waals surface area contributed by atoms with Crippen molar-refractivity contribution in [2.24, 2.45) is 0 Å². The van der Waals surface area contributed by atoms with E-state index in [1.165, 1.54) is 32.6 Å². The molecule has 0 aliphatic carbocycles. The van der Waals surface area contributed by atoms with Crippen molar-refractivity contribution in [2.45, 2.75) is 82.6 Å². The normalized spacial score (nSPS) is 13.4. The zero-order valence-electron chi connectivity index (χ0n) is 25.2. The SMILES string of the molecule is CC(C)c1ccc(P(c2ccc(C(C)C)cc2)c2ccc(C(C)C)cc2)cc1.O=S(=O)(O)C(F)(F)C(F)(F)C(F)(F)C(F)(F)F. The predicted octanol–water partition coefficient (Wildman–Crippen LogP) is 9.11. The van der Waals surface area contributed by atoms with Crippen LogP contribution < -0.4 is 15.9 Å². The number of alkyl halides is 9. The fraction of sp³-hybridized carbons (Fsp3) is 0.419. The fourth-order valence-corrected chi connectivity index (χ4v) is 6.68. The van der Waals surface area contributed by atoms with Crippen LogP contribution >= 0.6 is 7.92 Å². The van der Waals surface area contributed by atoms with Gasteiger partial charge in [-0.1, -0.05) is 114 Å². The van der Waals surface area contributed by atoms with E-state index in [0.717, 1.165) is 0 Å². The highest BCUT2D eigenvalue weighted by atomic mass is 32.2. The van der Waals surface area contributed by atoms with Gasteiger partial charge in [-0.25, -0.2) is 0 Å². The number of rotatable bonds is 9. The van der Waals surface area contributed by atoms with E-state index >= 15 is 0 Å². The average Bonchev–Trinajstić information content (AvgIpc) is 2.93. The maximum absolute atomic E-state index is 12.2. The van der Waals surface area contributed by atoms with Gasteiger partial charge < -0.3 is 0 Å². The highest BCUT2D eigenvalue weighted by Crippen LogP contribution is 2.54. The summed E-state index contributed by atoms with van der Waals surface area (Å²) in [7, 11) is -7.71. The molecule has 0 unspecified atom stereocenters. The molecule has 0 amide bonds. The molecule has 3 rings (SSSR count). The molecule has 0 aliphatic heterocycles. The Kier molecular flexibility index (Phi) is 12.0. The van der Waals surface area contributed by atoms with Gasteiger partial charge in [-0.3, -0.25) is 4.55 Å². The van der Waals surface area contributed by atoms with Crippen molar-refractivity contribution < 1.29 is 52.5 Å². The van der Waals surface area contributed by atoms with E-state index in [1.54, 1.807) is 0 Å². The van der Waals surface area contributed by atoms with Gasteiger partial charge in [0.2, 0.25) is 0 Å². The molecule has 0 saturated carbocycles. The molecule has 1 N–H and O–H groups in total. The Balaban J connectivity index is 0.000000358. The molecule has 14 heteroatoms. The highest BCUT2D eigenvalue weighted by molar-refractivity contribution is 7.87. The standard InChI is InChI=1S/C27H33P.C4HF9O3S/c1-19(2)22-7-13-25(14-8-22)28(26-15-9-23(10-16-26)20(3)4)27-17-11-24(12-18-27)21(5)6;5-1(6,3(9,10)11)2(7,8)4(12,13)17(14,15)16/h7-21H,1-6H3;(H,14,15,16). The smallest absolute Gasteiger partial charge is 0.281 e. The first kappa shape index (κ1) is 38.6. The fourth-order valence-electron chi connectivity index (χ4n) is 3.99. The lowest BCUT2D eigenvalue weighted by atomic mass is 10.0. The number of hydrogen-bond acceptors (Lipinski definition) is 2. The predicted molar refractivity (Wildman–Crippen MR) is 160 cm³/mol. The largest absolute Gasteiger partial charge is 0.460 e. The summed E-state index contributed by atoms with van der Waals surface area (Å²) in [6.45, 7) is 13.5. The maximum atomic E-state index is 12.2. The van der Waals surface area contributed by atoms with Gasteiger partial charge >= 0.3 is 33.4 Å². The van der Waals surface area contributed by atoms with Gasteiger partial charge in [0.25, 0.3) is 0 Å². The molecule has 45 heavy (non-hydrogen) atoms. The van der Waals surface area contributed by atoms with Crippen molar-refractivity contribution in [3.05, 3.63) is 89.5 Å². The van der Waals surface area contributed by atoms with Gasteiger partial charge in [0.15, 0.2) is 0 Å². The van der Waals surface area contributed by atoms with Crippen molar-refractivity contribution in [3.8, 4) is 0 Å². The molecule has 0 heterocycles. The Bertz CT molecular complexity index is 1380. The first-order chi connectivity index (χ1) is 20.4. The van der Waals surface area contributed by atoms with Crippen molar-refractivity contribution in [1.82, 2.24) is 0 Å². The van der Waals surface area contributed by atoms with Crippen LogP contribution in [-0.2, 0) is 10.1 Å². The minimum atomic E-state index is -7.37. The summed E-state index contributed by atoms with van der Waals surface area (Å²) in [5, 5.41) is -2.73. The van der Waals surface area contributed by atoms with Gasteiger partial charge in [0.05, 0.1) is 0 Å². The van der Waals surface area contributed by atoms with Crippen LogP contribution in [0.3, 0.4) is 0 Å². The van der Waals surface area contributed by atoms with Gasteiger partial charge in [-0.2, -0.15) is 47.9 Å². The zero-order chi connectivity index (χ0) is 34.8. The van der Waals surface area contributed by atoms with E-state index < -0.39 is 41.3 Å². The van der Waals surface area contributed by atoms with Crippen molar-refractivity contribution in [1.29, 1.82) is 0 Å². The highest BCUT2D eigenvalue weighted by Gasteiger charge is 2.85. The molecule has 0 atom stereocenters. The molecular weight excluding hydrogens is 654 g/mol. The second-order valence-electron chi connectivity index (χ2n) is 11.2. The number of halogens is 9. The van der Waals surface area contributed by atoms with Crippen LogP contribution in [0.1, 0.15) is 76.0 Å². The molecule has 0 spiro atoms. The Morgan fingerprint density at radius 3 is 0.933 bits per heavy atom. The number of hydrogen-bond donors (Lipinski definition) is 1. The average molecular weight is 689 g/mol. The van der Waals surface area contributed by atoms with E-state index in [9.17, 15) is 47.9 Å². The van der Waals surface area contributed by atoms with E-state index in [0.29, 0.717) is 17.8 Å². The maximum Gasteiger partial charge on any atom is 0.460 e. The van der Waals surface area contributed by atoms with Crippen molar-refractivity contribution >= 4 is 34.0 Å². The molecule has 250 valence electrons. The second-order valence-corrected chi connectivity index (χ2v) is 14.9. The van der Waals surface area contributed by atoms with Crippen LogP contribution in [-0.4, -0.2) is 36.2 Å². The van der Waals surface area contributed by atoms with Crippen LogP contribution in [0.15, 0.2) is 72.8 Å². The Labute approximate surface area is 258 Å². The van der Waals surface area contributed by atoms with E-state index in [2.05, 4.69) is 114 Å². The first-order valence-corrected chi connectivity index (χ1v) is 16.4. The molecule has 3 aromatic carbocycles. The summed E-state index contributed by atoms with van der Waals surface area (Å²) in [6.07, 6.45) is -7.13. The summed E-state index contributed by atoms with van der Waals surface area (Å²) >= 11 is 0. The third-order valence-corrected chi connectivity index (χ3v) is 10.2. The number of benzene rings is 3. The lowest BCUT2D eigenvalue weighted by Crippen LogP contribution is -2.63. The van der Waals surface area contributed by atoms with Crippen molar-refractivity contribution in [3.63, 3.8) is 0 Å². The lowest BCUT2D eigenvalue weighted by Gasteiger charge is -2.31. The van der Waals surface area contributed by atoms with Crippen molar-refractivity contribution in [2.75, 3.05) is 0 Å². The van der Waals surface area contributed by atoms with Crippen LogP contribution in [0.2, 0.25) is 0 Å². The molecule has 0 fully saturated rings. The van der Waals surface area contributed by atoms with Crippen LogP contribution in [0.5, 0.6) is 0 Å². The zero-order valence-corrected chi connectivity index (χ0v) is 26.9. The lowest BCUT2D eigenvalue weighted by molar-refractivity contribution is -0.382. The summed E-state index contributed by atoms with van der Waals surface area (Å²) in [4.78, 5) is 0. The van der Waals surface area contributed by atoms with Crippen LogP contribution in [0.25, 0.3) is 0 Å². The topological polar surface area (TPSA) is 54.4 Å². The first-order valence-electron chi connectivity index (χ1n) is 13.6. The Hall–Kier alpha value is -2.63. The molecule has 0 bridgehead atoms. The molecule has 0 aromatic heterocycles. The summed E-state index contributed by atoms with van der Waals surface area (Å²) in [5.74, 6) is -13.0. The monoisotopic (exact) mass is 688 g/mol. The quantitative estimate of drug-likeness (QED) is 0.139. The second kappa shape index (κ2) is 14.0. The van der Waals surface area contributed by atoms with Crippen LogP contribution in [0.4, 0.5) is 39.5 Å². The van der Waals surface area contributed by atoms with Gasteiger partial charge in [-0.15, -0.1) is 0 Å². The molecule has 0 aliphatic rings. The summed E-state index contributed by atoms with van der Waals surface area (Å²) < 4.78 is 134. The van der Waals surface area contributed by atoms with Gasteiger partial charge in [0.1, 0.15) is 0 Å². The minimum Gasteiger partial charge on any atom is -0.281 e. The summed E-state index contributed by atoms with van der Waals surface area (Å²) in [6, 6.07) is 27.9. The molecule has 0 radical (unpaired) electrons. The van der Waals surface area contributed by atoms with E-state index in [1.807, 2.05) is 0 Å². The van der Waals surface area contributed by atoms with Gasteiger partial charge in [0, 0.05) is 0 Å². The third-order valence-electron chi connectivity index (χ3n) is 6.89. The molecule has 3 nitrogen and oxygen atoms in total. The molecule has 0 saturated heterocycles. The Morgan fingerprint density at radius 1 is 0.511 bits per heavy atom. The third kappa shape index (κ3) is 8.40. The van der Waals surface area contributed by atoms with Gasteiger partial charge in [-0.05, 0) is 58.3 Å². The van der Waals surface area contributed by atoms with Crippen LogP contribution in [0, 0.1) is 0 Å². The van der Waals surface area contributed by atoms with E-state index in [4.69, 9.17) is 4.55 Å². The molecule has 3 aromatic rings. The molecular formula is C31H34F9O3PS.